The zero-order valence-corrected chi connectivity index (χ0v) is 11.5. The monoisotopic (exact) mass is 330 g/mol. The van der Waals surface area contributed by atoms with Gasteiger partial charge in [-0.1, -0.05) is 51.1 Å². The molecule has 0 heterocycles. The van der Waals surface area contributed by atoms with E-state index in [0.29, 0.717) is 12.3 Å². The molecule has 0 amide bonds. The standard InChI is InChI=1S/C12H12Br2O/c13-9-4-5-10(11(14)7-9)12(15)6-8-2-1-3-8/h4-5,7-8H,1-3,6H2. The first-order valence-corrected chi connectivity index (χ1v) is 6.73. The third-order valence-corrected chi connectivity index (χ3v) is 4.08. The van der Waals surface area contributed by atoms with Crippen molar-refractivity contribution >= 4 is 37.6 Å². The maximum atomic E-state index is 11.9. The Bertz CT molecular complexity index is 383. The number of hydrogen-bond donors (Lipinski definition) is 0. The first-order chi connectivity index (χ1) is 7.16. The van der Waals surface area contributed by atoms with Gasteiger partial charge in [0.15, 0.2) is 5.78 Å². The third kappa shape index (κ3) is 2.70. The zero-order valence-electron chi connectivity index (χ0n) is 8.30. The number of rotatable bonds is 3. The van der Waals surface area contributed by atoms with Gasteiger partial charge in [-0.25, -0.2) is 0 Å². The van der Waals surface area contributed by atoms with Crippen LogP contribution in [-0.2, 0) is 0 Å². The Morgan fingerprint density at radius 1 is 1.33 bits per heavy atom. The third-order valence-electron chi connectivity index (χ3n) is 2.93. The topological polar surface area (TPSA) is 17.1 Å². The molecule has 80 valence electrons. The molecule has 1 fully saturated rings. The van der Waals surface area contributed by atoms with Crippen LogP contribution in [0.15, 0.2) is 27.1 Å². The maximum Gasteiger partial charge on any atom is 0.164 e. The molecule has 3 heteroatoms. The van der Waals surface area contributed by atoms with Gasteiger partial charge in [0.2, 0.25) is 0 Å². The molecule has 1 nitrogen and oxygen atoms in total. The SMILES string of the molecule is O=C(CC1CCC1)c1ccc(Br)cc1Br. The van der Waals surface area contributed by atoms with Crippen LogP contribution in [0.2, 0.25) is 0 Å². The normalized spacial score (nSPS) is 16.1. The quantitative estimate of drug-likeness (QED) is 0.741. The average molecular weight is 332 g/mol. The van der Waals surface area contributed by atoms with E-state index in [4.69, 9.17) is 0 Å². The molecular formula is C12H12Br2O. The molecule has 0 unspecified atom stereocenters. The van der Waals surface area contributed by atoms with Crippen molar-refractivity contribution in [3.8, 4) is 0 Å². The van der Waals surface area contributed by atoms with Crippen molar-refractivity contribution in [3.63, 3.8) is 0 Å². The molecule has 0 atom stereocenters. The van der Waals surface area contributed by atoms with Crippen LogP contribution in [0.1, 0.15) is 36.0 Å². The van der Waals surface area contributed by atoms with Gasteiger partial charge in [0.1, 0.15) is 0 Å². The van der Waals surface area contributed by atoms with Crippen molar-refractivity contribution in [1.82, 2.24) is 0 Å². The molecule has 1 aromatic carbocycles. The summed E-state index contributed by atoms with van der Waals surface area (Å²) in [6.45, 7) is 0. The molecule has 0 bridgehead atoms. The first-order valence-electron chi connectivity index (χ1n) is 5.15. The van der Waals surface area contributed by atoms with Gasteiger partial charge in [0, 0.05) is 20.9 Å². The molecule has 1 aliphatic carbocycles. The molecule has 1 aliphatic rings. The molecule has 15 heavy (non-hydrogen) atoms. The fourth-order valence-corrected chi connectivity index (χ4v) is 3.05. The summed E-state index contributed by atoms with van der Waals surface area (Å²) in [5, 5.41) is 0. The van der Waals surface area contributed by atoms with Crippen LogP contribution in [-0.4, -0.2) is 5.78 Å². The molecule has 0 saturated heterocycles. The summed E-state index contributed by atoms with van der Waals surface area (Å²) < 4.78 is 1.88. The second kappa shape index (κ2) is 4.79. The van der Waals surface area contributed by atoms with Crippen molar-refractivity contribution < 1.29 is 4.79 Å². The van der Waals surface area contributed by atoms with E-state index in [1.54, 1.807) is 0 Å². The van der Waals surface area contributed by atoms with E-state index in [1.807, 2.05) is 18.2 Å². The second-order valence-corrected chi connectivity index (χ2v) is 5.82. The highest BCUT2D eigenvalue weighted by atomic mass is 79.9. The van der Waals surface area contributed by atoms with Crippen LogP contribution in [0.5, 0.6) is 0 Å². The number of carbonyl (C=O) groups is 1. The minimum atomic E-state index is 0.263. The molecule has 1 aromatic rings. The minimum absolute atomic E-state index is 0.263. The Labute approximate surface area is 107 Å². The van der Waals surface area contributed by atoms with Crippen LogP contribution in [0.4, 0.5) is 0 Å². The predicted octanol–water partition coefficient (Wildman–Crippen LogP) is 4.58. The number of Topliss-reactive ketones (excluding diaryl/α,β-unsaturated/α-hetero) is 1. The summed E-state index contributed by atoms with van der Waals surface area (Å²) in [7, 11) is 0. The first kappa shape index (κ1) is 11.3. The van der Waals surface area contributed by atoms with Gasteiger partial charge in [0.05, 0.1) is 0 Å². The smallest absolute Gasteiger partial charge is 0.164 e. The van der Waals surface area contributed by atoms with E-state index < -0.39 is 0 Å². The highest BCUT2D eigenvalue weighted by Crippen LogP contribution is 2.32. The second-order valence-electron chi connectivity index (χ2n) is 4.05. The summed E-state index contributed by atoms with van der Waals surface area (Å²) in [6.07, 6.45) is 4.44. The van der Waals surface area contributed by atoms with E-state index in [2.05, 4.69) is 31.9 Å². The molecule has 0 N–H and O–H groups in total. The van der Waals surface area contributed by atoms with Crippen molar-refractivity contribution in [1.29, 1.82) is 0 Å². The van der Waals surface area contributed by atoms with E-state index in [9.17, 15) is 4.79 Å². The van der Waals surface area contributed by atoms with Gasteiger partial charge in [-0.05, 0) is 24.1 Å². The summed E-state index contributed by atoms with van der Waals surface area (Å²) >= 11 is 6.81. The molecule has 0 aromatic heterocycles. The fraction of sp³-hybridized carbons (Fsp3) is 0.417. The lowest BCUT2D eigenvalue weighted by Gasteiger charge is -2.24. The lowest BCUT2D eigenvalue weighted by atomic mass is 9.81. The number of benzene rings is 1. The van der Waals surface area contributed by atoms with Crippen molar-refractivity contribution in [2.45, 2.75) is 25.7 Å². The minimum Gasteiger partial charge on any atom is -0.294 e. The number of hydrogen-bond acceptors (Lipinski definition) is 1. The highest BCUT2D eigenvalue weighted by Gasteiger charge is 2.22. The van der Waals surface area contributed by atoms with Gasteiger partial charge in [-0.2, -0.15) is 0 Å². The predicted molar refractivity (Wildman–Crippen MR) is 68.1 cm³/mol. The molecule has 1 saturated carbocycles. The summed E-state index contributed by atoms with van der Waals surface area (Å²) in [4.78, 5) is 11.9. The zero-order chi connectivity index (χ0) is 10.8. The molecule has 0 radical (unpaired) electrons. The summed E-state index contributed by atoms with van der Waals surface area (Å²) in [5.41, 5.74) is 0.810. The summed E-state index contributed by atoms with van der Waals surface area (Å²) in [6, 6.07) is 5.72. The van der Waals surface area contributed by atoms with Gasteiger partial charge in [0.25, 0.3) is 0 Å². The molecule has 2 rings (SSSR count). The average Bonchev–Trinajstić information content (AvgIpc) is 2.11. The highest BCUT2D eigenvalue weighted by molar-refractivity contribution is 9.11. The summed E-state index contributed by atoms with van der Waals surface area (Å²) in [5.74, 6) is 0.895. The van der Waals surface area contributed by atoms with E-state index >= 15 is 0 Å². The fourth-order valence-electron chi connectivity index (χ4n) is 1.78. The van der Waals surface area contributed by atoms with E-state index in [-0.39, 0.29) is 5.78 Å². The number of carbonyl (C=O) groups excluding carboxylic acids is 1. The van der Waals surface area contributed by atoms with Crippen LogP contribution in [0, 0.1) is 5.92 Å². The van der Waals surface area contributed by atoms with Crippen LogP contribution < -0.4 is 0 Å². The van der Waals surface area contributed by atoms with Gasteiger partial charge in [-0.3, -0.25) is 4.79 Å². The van der Waals surface area contributed by atoms with Gasteiger partial charge < -0.3 is 0 Å². The van der Waals surface area contributed by atoms with Crippen molar-refractivity contribution in [2.24, 2.45) is 5.92 Å². The Morgan fingerprint density at radius 3 is 2.60 bits per heavy atom. The largest absolute Gasteiger partial charge is 0.294 e. The Morgan fingerprint density at radius 2 is 2.07 bits per heavy atom. The number of ketones is 1. The Hall–Kier alpha value is -0.150. The molecule has 0 spiro atoms. The van der Waals surface area contributed by atoms with Crippen LogP contribution in [0.3, 0.4) is 0 Å². The van der Waals surface area contributed by atoms with Crippen LogP contribution in [0.25, 0.3) is 0 Å². The number of halogens is 2. The van der Waals surface area contributed by atoms with Gasteiger partial charge >= 0.3 is 0 Å². The Balaban J connectivity index is 2.10. The molecular weight excluding hydrogens is 320 g/mol. The van der Waals surface area contributed by atoms with Crippen molar-refractivity contribution in [2.75, 3.05) is 0 Å². The van der Waals surface area contributed by atoms with Crippen LogP contribution >= 0.6 is 31.9 Å². The van der Waals surface area contributed by atoms with Gasteiger partial charge in [-0.15, -0.1) is 0 Å². The maximum absolute atomic E-state index is 11.9. The lowest BCUT2D eigenvalue weighted by molar-refractivity contribution is 0.0936. The van der Waals surface area contributed by atoms with E-state index in [0.717, 1.165) is 14.5 Å². The Kier molecular flexibility index (Phi) is 3.62. The van der Waals surface area contributed by atoms with E-state index in [1.165, 1.54) is 19.3 Å². The van der Waals surface area contributed by atoms with Crippen molar-refractivity contribution in [3.05, 3.63) is 32.7 Å². The lowest BCUT2D eigenvalue weighted by Crippen LogP contribution is -2.16. The molecule has 0 aliphatic heterocycles.